The normalized spacial score (nSPS) is 18.2. The van der Waals surface area contributed by atoms with Gasteiger partial charge in [0.1, 0.15) is 5.75 Å². The zero-order valence-corrected chi connectivity index (χ0v) is 12.2. The van der Waals surface area contributed by atoms with E-state index in [1.807, 2.05) is 12.1 Å². The van der Waals surface area contributed by atoms with E-state index in [1.54, 1.807) is 7.11 Å². The lowest BCUT2D eigenvalue weighted by Gasteiger charge is -2.29. The van der Waals surface area contributed by atoms with Crippen molar-refractivity contribution in [3.8, 4) is 5.75 Å². The molecule has 3 heteroatoms. The molecular weight excluding hydrogens is 236 g/mol. The molecule has 0 bridgehead atoms. The monoisotopic (exact) mass is 262 g/mol. The molecule has 1 N–H and O–H groups in total. The number of rotatable bonds is 6. The fraction of sp³-hybridized carbons (Fsp3) is 0.625. The SMILES string of the molecule is COc1ccccc1CNC(C)CN1CCCCC1. The summed E-state index contributed by atoms with van der Waals surface area (Å²) in [6.45, 7) is 6.82. The van der Waals surface area contributed by atoms with Crippen LogP contribution in [0.3, 0.4) is 0 Å². The lowest BCUT2D eigenvalue weighted by Crippen LogP contribution is -2.41. The minimum Gasteiger partial charge on any atom is -0.496 e. The minimum absolute atomic E-state index is 0.517. The number of benzene rings is 1. The maximum atomic E-state index is 5.38. The van der Waals surface area contributed by atoms with Gasteiger partial charge in [-0.15, -0.1) is 0 Å². The van der Waals surface area contributed by atoms with Gasteiger partial charge in [-0.3, -0.25) is 0 Å². The fourth-order valence-corrected chi connectivity index (χ4v) is 2.73. The van der Waals surface area contributed by atoms with Crippen molar-refractivity contribution in [2.45, 2.75) is 38.8 Å². The van der Waals surface area contributed by atoms with E-state index in [4.69, 9.17) is 4.74 Å². The molecule has 0 radical (unpaired) electrons. The summed E-state index contributed by atoms with van der Waals surface area (Å²) in [5, 5.41) is 3.60. The molecule has 0 spiro atoms. The average Bonchev–Trinajstić information content (AvgIpc) is 2.46. The maximum absolute atomic E-state index is 5.38. The summed E-state index contributed by atoms with van der Waals surface area (Å²) in [4.78, 5) is 2.57. The van der Waals surface area contributed by atoms with Crippen molar-refractivity contribution in [1.82, 2.24) is 10.2 Å². The summed E-state index contributed by atoms with van der Waals surface area (Å²) in [6, 6.07) is 8.74. The standard InChI is InChI=1S/C16H26N2O/c1-14(13-18-10-6-3-7-11-18)17-12-15-8-4-5-9-16(15)19-2/h4-5,8-9,14,17H,3,6-7,10-13H2,1-2H3. The molecule has 1 unspecified atom stereocenters. The third-order valence-corrected chi connectivity index (χ3v) is 3.81. The van der Waals surface area contributed by atoms with Gasteiger partial charge in [0, 0.05) is 24.7 Å². The van der Waals surface area contributed by atoms with Crippen molar-refractivity contribution in [2.75, 3.05) is 26.7 Å². The second kappa shape index (κ2) is 7.51. The van der Waals surface area contributed by atoms with Crippen molar-refractivity contribution in [3.63, 3.8) is 0 Å². The van der Waals surface area contributed by atoms with E-state index in [1.165, 1.54) is 37.9 Å². The first-order valence-electron chi connectivity index (χ1n) is 7.37. The predicted octanol–water partition coefficient (Wildman–Crippen LogP) is 2.66. The second-order valence-corrected chi connectivity index (χ2v) is 5.46. The summed E-state index contributed by atoms with van der Waals surface area (Å²) in [5.74, 6) is 0.972. The lowest BCUT2D eigenvalue weighted by molar-refractivity contribution is 0.208. The van der Waals surface area contributed by atoms with Crippen molar-refractivity contribution in [2.24, 2.45) is 0 Å². The quantitative estimate of drug-likeness (QED) is 0.853. The number of ether oxygens (including phenoxy) is 1. The third kappa shape index (κ3) is 4.51. The molecule has 1 aromatic carbocycles. The van der Waals surface area contributed by atoms with Crippen LogP contribution in [0.4, 0.5) is 0 Å². The van der Waals surface area contributed by atoms with Crippen molar-refractivity contribution >= 4 is 0 Å². The topological polar surface area (TPSA) is 24.5 Å². The number of likely N-dealkylation sites (tertiary alicyclic amines) is 1. The molecule has 106 valence electrons. The van der Waals surface area contributed by atoms with E-state index in [-0.39, 0.29) is 0 Å². The fourth-order valence-electron chi connectivity index (χ4n) is 2.73. The molecule has 19 heavy (non-hydrogen) atoms. The molecule has 0 saturated carbocycles. The number of para-hydroxylation sites is 1. The molecule has 2 rings (SSSR count). The number of hydrogen-bond acceptors (Lipinski definition) is 3. The van der Waals surface area contributed by atoms with Crippen LogP contribution in [0, 0.1) is 0 Å². The molecule has 1 saturated heterocycles. The van der Waals surface area contributed by atoms with E-state index >= 15 is 0 Å². The summed E-state index contributed by atoms with van der Waals surface area (Å²) in [5.41, 5.74) is 1.23. The highest BCUT2D eigenvalue weighted by Gasteiger charge is 2.13. The summed E-state index contributed by atoms with van der Waals surface area (Å²) >= 11 is 0. The van der Waals surface area contributed by atoms with E-state index < -0.39 is 0 Å². The zero-order chi connectivity index (χ0) is 13.5. The molecule has 1 aromatic rings. The Kier molecular flexibility index (Phi) is 5.67. The van der Waals surface area contributed by atoms with E-state index in [0.717, 1.165) is 18.8 Å². The van der Waals surface area contributed by atoms with Gasteiger partial charge < -0.3 is 15.0 Å². The van der Waals surface area contributed by atoms with Crippen LogP contribution in [-0.2, 0) is 6.54 Å². The highest BCUT2D eigenvalue weighted by Crippen LogP contribution is 2.17. The van der Waals surface area contributed by atoms with Crippen molar-refractivity contribution in [1.29, 1.82) is 0 Å². The number of nitrogens with zero attached hydrogens (tertiary/aromatic N) is 1. The van der Waals surface area contributed by atoms with Crippen LogP contribution >= 0.6 is 0 Å². The zero-order valence-electron chi connectivity index (χ0n) is 12.2. The van der Waals surface area contributed by atoms with Crippen molar-refractivity contribution in [3.05, 3.63) is 29.8 Å². The molecule has 0 aromatic heterocycles. The Bertz CT molecular complexity index is 375. The third-order valence-electron chi connectivity index (χ3n) is 3.81. The average molecular weight is 262 g/mol. The lowest BCUT2D eigenvalue weighted by atomic mass is 10.1. The first-order chi connectivity index (χ1) is 9.29. The Labute approximate surface area is 116 Å². The Morgan fingerprint density at radius 3 is 2.68 bits per heavy atom. The van der Waals surface area contributed by atoms with Crippen LogP contribution in [0.1, 0.15) is 31.7 Å². The number of hydrogen-bond donors (Lipinski definition) is 1. The maximum Gasteiger partial charge on any atom is 0.123 e. The highest BCUT2D eigenvalue weighted by atomic mass is 16.5. The van der Waals surface area contributed by atoms with E-state index in [0.29, 0.717) is 6.04 Å². The first kappa shape index (κ1) is 14.4. The Balaban J connectivity index is 1.77. The number of piperidine rings is 1. The Morgan fingerprint density at radius 2 is 1.95 bits per heavy atom. The molecule has 1 aliphatic rings. The molecule has 1 aliphatic heterocycles. The first-order valence-corrected chi connectivity index (χ1v) is 7.37. The summed E-state index contributed by atoms with van der Waals surface area (Å²) < 4.78 is 5.38. The molecule has 0 amide bonds. The predicted molar refractivity (Wildman–Crippen MR) is 79.6 cm³/mol. The smallest absolute Gasteiger partial charge is 0.123 e. The van der Waals surface area contributed by atoms with Gasteiger partial charge in [-0.25, -0.2) is 0 Å². The number of nitrogens with one attached hydrogen (secondary N) is 1. The van der Waals surface area contributed by atoms with Crippen molar-refractivity contribution < 1.29 is 4.74 Å². The van der Waals surface area contributed by atoms with Gasteiger partial charge in [0.2, 0.25) is 0 Å². The van der Waals surface area contributed by atoms with Gasteiger partial charge >= 0.3 is 0 Å². The van der Waals surface area contributed by atoms with Gasteiger partial charge in [-0.2, -0.15) is 0 Å². The summed E-state index contributed by atoms with van der Waals surface area (Å²) in [6.07, 6.45) is 4.12. The van der Waals surface area contributed by atoms with Crippen LogP contribution in [0.5, 0.6) is 5.75 Å². The number of methoxy groups -OCH3 is 1. The largest absolute Gasteiger partial charge is 0.496 e. The minimum atomic E-state index is 0.517. The van der Waals surface area contributed by atoms with Gasteiger partial charge in [-0.1, -0.05) is 24.6 Å². The van der Waals surface area contributed by atoms with Crippen LogP contribution < -0.4 is 10.1 Å². The van der Waals surface area contributed by atoms with Crippen LogP contribution in [0.2, 0.25) is 0 Å². The Hall–Kier alpha value is -1.06. The molecule has 3 nitrogen and oxygen atoms in total. The van der Waals surface area contributed by atoms with Crippen LogP contribution in [0.15, 0.2) is 24.3 Å². The second-order valence-electron chi connectivity index (χ2n) is 5.46. The van der Waals surface area contributed by atoms with E-state index in [2.05, 4.69) is 29.3 Å². The van der Waals surface area contributed by atoms with Gasteiger partial charge in [-0.05, 0) is 38.9 Å². The van der Waals surface area contributed by atoms with Gasteiger partial charge in [0.25, 0.3) is 0 Å². The molecular formula is C16H26N2O. The van der Waals surface area contributed by atoms with Gasteiger partial charge in [0.15, 0.2) is 0 Å². The van der Waals surface area contributed by atoms with Gasteiger partial charge in [0.05, 0.1) is 7.11 Å². The molecule has 1 heterocycles. The molecule has 1 fully saturated rings. The van der Waals surface area contributed by atoms with Crippen LogP contribution in [0.25, 0.3) is 0 Å². The molecule has 0 aliphatic carbocycles. The van der Waals surface area contributed by atoms with E-state index in [9.17, 15) is 0 Å². The van der Waals surface area contributed by atoms with Crippen LogP contribution in [-0.4, -0.2) is 37.7 Å². The summed E-state index contributed by atoms with van der Waals surface area (Å²) in [7, 11) is 1.73. The molecule has 1 atom stereocenters. The highest BCUT2D eigenvalue weighted by molar-refractivity contribution is 5.32. The Morgan fingerprint density at radius 1 is 1.21 bits per heavy atom.